The molecule has 2 atom stereocenters. The summed E-state index contributed by atoms with van der Waals surface area (Å²) >= 11 is 0. The third-order valence-corrected chi connectivity index (χ3v) is 3.04. The van der Waals surface area contributed by atoms with Gasteiger partial charge in [0.2, 0.25) is 17.7 Å². The number of aryl methyl sites for hydroxylation is 1. The third kappa shape index (κ3) is 4.02. The fourth-order valence-electron chi connectivity index (χ4n) is 1.86. The van der Waals surface area contributed by atoms with Gasteiger partial charge in [-0.05, 0) is 6.92 Å². The summed E-state index contributed by atoms with van der Waals surface area (Å²) in [6.07, 6.45) is 1.12. The predicted molar refractivity (Wildman–Crippen MR) is 77.4 cm³/mol. The van der Waals surface area contributed by atoms with Crippen molar-refractivity contribution in [3.05, 3.63) is 29.8 Å². The van der Waals surface area contributed by atoms with E-state index in [1.165, 1.54) is 18.5 Å². The minimum absolute atomic E-state index is 0.0712. The molecule has 126 valence electrons. The van der Waals surface area contributed by atoms with E-state index in [1.807, 2.05) is 0 Å². The monoisotopic (exact) mass is 335 g/mol. The van der Waals surface area contributed by atoms with Crippen molar-refractivity contribution in [2.45, 2.75) is 13.0 Å². The first-order chi connectivity index (χ1) is 11.6. The molecule has 0 aliphatic rings. The Balaban J connectivity index is 2.10. The molecule has 0 radical (unpaired) electrons. The molecule has 0 saturated carbocycles. The zero-order chi connectivity index (χ0) is 17.5. The molecule has 2 unspecified atom stereocenters. The van der Waals surface area contributed by atoms with Crippen LogP contribution >= 0.6 is 0 Å². The fourth-order valence-corrected chi connectivity index (χ4v) is 1.86. The number of alkyl halides is 1. The molecule has 9 nitrogen and oxygen atoms in total. The molecule has 2 heterocycles. The van der Waals surface area contributed by atoms with E-state index in [1.54, 1.807) is 13.0 Å². The van der Waals surface area contributed by atoms with Gasteiger partial charge in [-0.1, -0.05) is 5.16 Å². The normalized spacial score (nSPS) is 12.9. The Kier molecular flexibility index (Phi) is 5.75. The lowest BCUT2D eigenvalue weighted by atomic mass is 9.97. The van der Waals surface area contributed by atoms with Crippen LogP contribution in [-0.2, 0) is 4.79 Å². The summed E-state index contributed by atoms with van der Waals surface area (Å²) in [5, 5.41) is 25.2. The Morgan fingerprint density at radius 3 is 3.04 bits per heavy atom. The van der Waals surface area contributed by atoms with Crippen molar-refractivity contribution in [3.8, 4) is 11.9 Å². The van der Waals surface area contributed by atoms with Gasteiger partial charge in [-0.25, -0.2) is 9.37 Å². The minimum Gasteiger partial charge on any atom is -0.475 e. The third-order valence-electron chi connectivity index (χ3n) is 3.04. The summed E-state index contributed by atoms with van der Waals surface area (Å²) < 4.78 is 21.9. The maximum absolute atomic E-state index is 12.2. The van der Waals surface area contributed by atoms with Crippen molar-refractivity contribution in [1.82, 2.24) is 15.1 Å². The second kappa shape index (κ2) is 7.98. The summed E-state index contributed by atoms with van der Waals surface area (Å²) in [5.74, 6) is -2.00. The number of hydrogen-bond donors (Lipinski definition) is 2. The molecule has 24 heavy (non-hydrogen) atoms. The Hall–Kier alpha value is -3.06. The molecule has 2 rings (SSSR count). The van der Waals surface area contributed by atoms with Gasteiger partial charge in [0, 0.05) is 17.8 Å². The number of carbonyl (C=O) groups excluding carboxylic acids is 1. The highest BCUT2D eigenvalue weighted by Gasteiger charge is 2.31. The highest BCUT2D eigenvalue weighted by Crippen LogP contribution is 2.25. The van der Waals surface area contributed by atoms with Gasteiger partial charge in [-0.3, -0.25) is 10.1 Å². The molecule has 0 fully saturated rings. The molecular weight excluding hydrogens is 321 g/mol. The molecule has 1 amide bonds. The van der Waals surface area contributed by atoms with Gasteiger partial charge in [0.05, 0.1) is 12.3 Å². The summed E-state index contributed by atoms with van der Waals surface area (Å²) in [6.45, 7) is 0.676. The summed E-state index contributed by atoms with van der Waals surface area (Å²) in [4.78, 5) is 19.8. The number of aromatic nitrogens is 3. The Morgan fingerprint density at radius 2 is 2.42 bits per heavy atom. The van der Waals surface area contributed by atoms with Gasteiger partial charge in [-0.2, -0.15) is 10.2 Å². The van der Waals surface area contributed by atoms with Crippen LogP contribution in [0, 0.1) is 24.2 Å². The quantitative estimate of drug-likeness (QED) is 0.763. The molecule has 0 bridgehead atoms. The lowest BCUT2D eigenvalue weighted by Gasteiger charge is -2.15. The highest BCUT2D eigenvalue weighted by atomic mass is 19.1. The maximum atomic E-state index is 12.2. The number of nitriles is 1. The average Bonchev–Trinajstić information content (AvgIpc) is 3.00. The van der Waals surface area contributed by atoms with E-state index in [2.05, 4.69) is 20.4 Å². The molecule has 0 saturated heterocycles. The van der Waals surface area contributed by atoms with E-state index in [0.717, 1.165) is 0 Å². The summed E-state index contributed by atoms with van der Waals surface area (Å²) in [5.41, 5.74) is 0.234. The number of carbonyl (C=O) groups is 1. The van der Waals surface area contributed by atoms with Crippen molar-refractivity contribution in [2.24, 2.45) is 5.92 Å². The maximum Gasteiger partial charge on any atom is 0.247 e. The van der Waals surface area contributed by atoms with E-state index in [-0.39, 0.29) is 24.0 Å². The average molecular weight is 335 g/mol. The van der Waals surface area contributed by atoms with Gasteiger partial charge in [0.25, 0.3) is 0 Å². The van der Waals surface area contributed by atoms with Crippen molar-refractivity contribution in [2.75, 3.05) is 18.6 Å². The smallest absolute Gasteiger partial charge is 0.247 e. The van der Waals surface area contributed by atoms with Gasteiger partial charge < -0.3 is 14.4 Å². The molecule has 10 heteroatoms. The number of halogens is 1. The number of rotatable bonds is 7. The van der Waals surface area contributed by atoms with Crippen LogP contribution in [-0.4, -0.2) is 39.4 Å². The van der Waals surface area contributed by atoms with E-state index in [4.69, 9.17) is 9.26 Å². The number of hydrogen-bond acceptors (Lipinski definition) is 8. The van der Waals surface area contributed by atoms with E-state index >= 15 is 0 Å². The van der Waals surface area contributed by atoms with Crippen LogP contribution in [0.1, 0.15) is 17.4 Å². The minimum atomic E-state index is -1.43. The zero-order valence-electron chi connectivity index (χ0n) is 12.6. The summed E-state index contributed by atoms with van der Waals surface area (Å²) in [6, 6.07) is 3.11. The van der Waals surface area contributed by atoms with Crippen molar-refractivity contribution in [1.29, 1.82) is 5.26 Å². The van der Waals surface area contributed by atoms with E-state index in [0.29, 0.717) is 5.76 Å². The Labute approximate surface area is 136 Å². The highest BCUT2D eigenvalue weighted by molar-refractivity contribution is 5.93. The van der Waals surface area contributed by atoms with Gasteiger partial charge >= 0.3 is 0 Å². The van der Waals surface area contributed by atoms with Crippen LogP contribution in [0.5, 0.6) is 5.88 Å². The van der Waals surface area contributed by atoms with Crippen LogP contribution < -0.4 is 10.1 Å². The van der Waals surface area contributed by atoms with Crippen LogP contribution in [0.2, 0.25) is 0 Å². The molecule has 2 N–H and O–H groups in total. The number of nitrogens with one attached hydrogen (secondary N) is 1. The van der Waals surface area contributed by atoms with Crippen LogP contribution in [0.3, 0.4) is 0 Å². The lowest BCUT2D eigenvalue weighted by Crippen LogP contribution is -2.28. The molecule has 0 aromatic carbocycles. The second-order valence-corrected chi connectivity index (χ2v) is 4.63. The van der Waals surface area contributed by atoms with Gasteiger partial charge in [-0.15, -0.1) is 0 Å². The van der Waals surface area contributed by atoms with E-state index in [9.17, 15) is 19.6 Å². The standard InChI is InChI=1S/C14H14FN5O4/c1-8-10(7-18-24-8)12(21)9(6-16)13(22)20-14-17-4-2-11(19-14)23-5-3-15/h2,4,7,9,12,21H,3,5H2,1H3,(H,17,19,20,22). The SMILES string of the molecule is Cc1oncc1C(O)C(C#N)C(=O)Nc1nccc(OCCF)n1. The van der Waals surface area contributed by atoms with E-state index < -0.39 is 24.6 Å². The molecular formula is C14H14FN5O4. The number of aliphatic hydroxyl groups excluding tert-OH is 1. The van der Waals surface area contributed by atoms with Crippen molar-refractivity contribution >= 4 is 11.9 Å². The Morgan fingerprint density at radius 1 is 1.62 bits per heavy atom. The van der Waals surface area contributed by atoms with Gasteiger partial charge in [0.15, 0.2) is 5.92 Å². The van der Waals surface area contributed by atoms with Crippen LogP contribution in [0.4, 0.5) is 10.3 Å². The van der Waals surface area contributed by atoms with Crippen molar-refractivity contribution in [3.63, 3.8) is 0 Å². The topological polar surface area (TPSA) is 134 Å². The molecule has 0 aliphatic heterocycles. The number of anilines is 1. The number of ether oxygens (including phenoxy) is 1. The van der Waals surface area contributed by atoms with Crippen molar-refractivity contribution < 1.29 is 23.6 Å². The first-order valence-corrected chi connectivity index (χ1v) is 6.88. The lowest BCUT2D eigenvalue weighted by molar-refractivity contribution is -0.121. The predicted octanol–water partition coefficient (Wildman–Crippen LogP) is 0.933. The zero-order valence-corrected chi connectivity index (χ0v) is 12.6. The molecule has 2 aromatic heterocycles. The molecule has 0 spiro atoms. The number of nitrogens with zero attached hydrogens (tertiary/aromatic N) is 4. The largest absolute Gasteiger partial charge is 0.475 e. The van der Waals surface area contributed by atoms with Crippen LogP contribution in [0.25, 0.3) is 0 Å². The molecule has 0 aliphatic carbocycles. The number of aliphatic hydroxyl groups is 1. The Bertz CT molecular complexity index is 745. The summed E-state index contributed by atoms with van der Waals surface area (Å²) in [7, 11) is 0. The fraction of sp³-hybridized carbons (Fsp3) is 0.357. The number of amides is 1. The van der Waals surface area contributed by atoms with Gasteiger partial charge in [0.1, 0.15) is 25.1 Å². The first kappa shape index (κ1) is 17.3. The second-order valence-electron chi connectivity index (χ2n) is 4.63. The molecule has 2 aromatic rings. The van der Waals surface area contributed by atoms with Crippen LogP contribution in [0.15, 0.2) is 23.0 Å². The first-order valence-electron chi connectivity index (χ1n) is 6.88.